The fourth-order valence-electron chi connectivity index (χ4n) is 2.00. The average Bonchev–Trinajstić information content (AvgIpc) is 3.00. The largest absolute Gasteiger partial charge is 0.395 e. The Balaban J connectivity index is 2.01. The highest BCUT2D eigenvalue weighted by atomic mass is 16.3. The molecule has 104 valence electrons. The molecule has 0 amide bonds. The molecule has 6 nitrogen and oxygen atoms in total. The van der Waals surface area contributed by atoms with E-state index in [0.29, 0.717) is 13.1 Å². The van der Waals surface area contributed by atoms with E-state index in [9.17, 15) is 0 Å². The Bertz CT molecular complexity index is 505. The average molecular weight is 263 g/mol. The van der Waals surface area contributed by atoms with Crippen molar-refractivity contribution >= 4 is 0 Å². The zero-order valence-electron chi connectivity index (χ0n) is 11.5. The quantitative estimate of drug-likeness (QED) is 0.796. The predicted molar refractivity (Wildman–Crippen MR) is 72.3 cm³/mol. The zero-order valence-corrected chi connectivity index (χ0v) is 11.5. The highest BCUT2D eigenvalue weighted by Gasteiger charge is 2.11. The molecule has 0 saturated heterocycles. The van der Waals surface area contributed by atoms with Crippen molar-refractivity contribution in [2.75, 3.05) is 13.2 Å². The number of aliphatic hydroxyl groups excluding tert-OH is 1. The summed E-state index contributed by atoms with van der Waals surface area (Å²) in [6, 6.07) is 2.02. The van der Waals surface area contributed by atoms with Gasteiger partial charge < -0.3 is 9.67 Å². The van der Waals surface area contributed by atoms with Crippen LogP contribution < -0.4 is 0 Å². The molecule has 6 heteroatoms. The summed E-state index contributed by atoms with van der Waals surface area (Å²) in [6.45, 7) is 5.13. The molecule has 0 aromatic carbocycles. The molecule has 0 bridgehead atoms. The Morgan fingerprint density at radius 1 is 1.32 bits per heavy atom. The molecule has 0 atom stereocenters. The second-order valence-electron chi connectivity index (χ2n) is 4.55. The molecule has 2 aromatic rings. The van der Waals surface area contributed by atoms with Crippen molar-refractivity contribution < 1.29 is 5.11 Å². The van der Waals surface area contributed by atoms with Crippen LogP contribution in [0.15, 0.2) is 24.7 Å². The van der Waals surface area contributed by atoms with Gasteiger partial charge in [-0.15, -0.1) is 0 Å². The Hall–Kier alpha value is -1.66. The van der Waals surface area contributed by atoms with E-state index < -0.39 is 0 Å². The number of rotatable bonds is 7. The van der Waals surface area contributed by atoms with E-state index in [1.54, 1.807) is 6.20 Å². The van der Waals surface area contributed by atoms with Gasteiger partial charge in [-0.25, -0.2) is 4.98 Å². The normalized spacial score (nSPS) is 11.4. The lowest BCUT2D eigenvalue weighted by atomic mass is 10.3. The first-order valence-corrected chi connectivity index (χ1v) is 6.54. The molecule has 0 aliphatic heterocycles. The van der Waals surface area contributed by atoms with Crippen LogP contribution in [-0.4, -0.2) is 42.5 Å². The second kappa shape index (κ2) is 6.49. The predicted octanol–water partition coefficient (Wildman–Crippen LogP) is 0.631. The molecule has 19 heavy (non-hydrogen) atoms. The third kappa shape index (κ3) is 3.65. The van der Waals surface area contributed by atoms with Crippen LogP contribution in [-0.2, 0) is 26.7 Å². The summed E-state index contributed by atoms with van der Waals surface area (Å²) in [5.74, 6) is 0.989. The number of aromatic nitrogens is 4. The van der Waals surface area contributed by atoms with Crippen LogP contribution in [0.3, 0.4) is 0 Å². The number of hydrogen-bond acceptors (Lipinski definition) is 4. The Kier molecular flexibility index (Phi) is 4.70. The van der Waals surface area contributed by atoms with Crippen molar-refractivity contribution in [3.05, 3.63) is 36.2 Å². The van der Waals surface area contributed by atoms with E-state index >= 15 is 0 Å². The third-order valence-corrected chi connectivity index (χ3v) is 3.11. The molecule has 0 unspecified atom stereocenters. The molecular weight excluding hydrogens is 242 g/mol. The Morgan fingerprint density at radius 2 is 2.16 bits per heavy atom. The summed E-state index contributed by atoms with van der Waals surface area (Å²) in [6.07, 6.45) is 5.70. The molecular formula is C13H21N5O. The van der Waals surface area contributed by atoms with Crippen LogP contribution in [0.1, 0.15) is 18.4 Å². The summed E-state index contributed by atoms with van der Waals surface area (Å²) in [7, 11) is 1.98. The van der Waals surface area contributed by atoms with E-state index in [0.717, 1.165) is 24.6 Å². The van der Waals surface area contributed by atoms with Gasteiger partial charge in [0.1, 0.15) is 5.82 Å². The summed E-state index contributed by atoms with van der Waals surface area (Å²) in [5, 5.41) is 13.6. The lowest BCUT2D eigenvalue weighted by molar-refractivity contribution is 0.178. The summed E-state index contributed by atoms with van der Waals surface area (Å²) in [5.41, 5.74) is 1.02. The maximum absolute atomic E-state index is 9.17. The highest BCUT2D eigenvalue weighted by Crippen LogP contribution is 2.07. The monoisotopic (exact) mass is 263 g/mol. The minimum absolute atomic E-state index is 0.138. The van der Waals surface area contributed by atoms with Gasteiger partial charge in [0.05, 0.1) is 18.8 Å². The molecule has 2 rings (SSSR count). The number of aryl methyl sites for hydroxylation is 2. The van der Waals surface area contributed by atoms with Gasteiger partial charge in [-0.3, -0.25) is 9.58 Å². The van der Waals surface area contributed by atoms with Crippen LogP contribution in [0.4, 0.5) is 0 Å². The maximum Gasteiger partial charge on any atom is 0.122 e. The SMILES string of the molecule is CCn1ccc(CN(CCO)Cc2nccn2C)n1. The van der Waals surface area contributed by atoms with Gasteiger partial charge in [0.15, 0.2) is 0 Å². The van der Waals surface area contributed by atoms with Crippen molar-refractivity contribution in [3.8, 4) is 0 Å². The first-order chi connectivity index (χ1) is 9.22. The third-order valence-electron chi connectivity index (χ3n) is 3.11. The van der Waals surface area contributed by atoms with Gasteiger partial charge >= 0.3 is 0 Å². The Morgan fingerprint density at radius 3 is 2.74 bits per heavy atom. The molecule has 0 spiro atoms. The van der Waals surface area contributed by atoms with Crippen LogP contribution in [0.25, 0.3) is 0 Å². The first kappa shape index (κ1) is 13.8. The smallest absolute Gasteiger partial charge is 0.122 e. The molecule has 0 saturated carbocycles. The number of aliphatic hydroxyl groups is 1. The van der Waals surface area contributed by atoms with Crippen molar-refractivity contribution in [1.82, 2.24) is 24.2 Å². The molecule has 1 N–H and O–H groups in total. The molecule has 2 heterocycles. The van der Waals surface area contributed by atoms with E-state index in [4.69, 9.17) is 5.11 Å². The topological polar surface area (TPSA) is 59.1 Å². The van der Waals surface area contributed by atoms with Gasteiger partial charge in [-0.1, -0.05) is 0 Å². The maximum atomic E-state index is 9.17. The van der Waals surface area contributed by atoms with Crippen molar-refractivity contribution in [2.45, 2.75) is 26.6 Å². The van der Waals surface area contributed by atoms with Crippen LogP contribution in [0.5, 0.6) is 0 Å². The molecule has 0 aliphatic rings. The van der Waals surface area contributed by atoms with Crippen LogP contribution in [0, 0.1) is 0 Å². The van der Waals surface area contributed by atoms with Gasteiger partial charge in [0, 0.05) is 45.3 Å². The number of imidazole rings is 1. The van der Waals surface area contributed by atoms with E-state index in [2.05, 4.69) is 21.9 Å². The van der Waals surface area contributed by atoms with Gasteiger partial charge in [-0.05, 0) is 13.0 Å². The fraction of sp³-hybridized carbons (Fsp3) is 0.538. The van der Waals surface area contributed by atoms with Crippen LogP contribution >= 0.6 is 0 Å². The summed E-state index contributed by atoms with van der Waals surface area (Å²) < 4.78 is 3.91. The molecule has 0 fully saturated rings. The van der Waals surface area contributed by atoms with Gasteiger partial charge in [-0.2, -0.15) is 5.10 Å². The Labute approximate surface area is 113 Å². The summed E-state index contributed by atoms with van der Waals surface area (Å²) in [4.78, 5) is 6.46. The van der Waals surface area contributed by atoms with E-state index in [1.807, 2.05) is 34.8 Å². The highest BCUT2D eigenvalue weighted by molar-refractivity contribution is 5.00. The van der Waals surface area contributed by atoms with Crippen molar-refractivity contribution in [3.63, 3.8) is 0 Å². The van der Waals surface area contributed by atoms with Gasteiger partial charge in [0.2, 0.25) is 0 Å². The van der Waals surface area contributed by atoms with E-state index in [1.165, 1.54) is 0 Å². The second-order valence-corrected chi connectivity index (χ2v) is 4.55. The number of hydrogen-bond donors (Lipinski definition) is 1. The fourth-order valence-corrected chi connectivity index (χ4v) is 2.00. The van der Waals surface area contributed by atoms with E-state index in [-0.39, 0.29) is 6.61 Å². The minimum atomic E-state index is 0.138. The first-order valence-electron chi connectivity index (χ1n) is 6.54. The standard InChI is InChI=1S/C13H21N5O/c1-3-18-6-4-12(15-18)10-17(8-9-19)11-13-14-5-7-16(13)2/h4-7,19H,3,8-11H2,1-2H3. The zero-order chi connectivity index (χ0) is 13.7. The molecule has 0 radical (unpaired) electrons. The molecule has 0 aliphatic carbocycles. The lowest BCUT2D eigenvalue weighted by Crippen LogP contribution is -2.27. The number of nitrogens with zero attached hydrogens (tertiary/aromatic N) is 5. The van der Waals surface area contributed by atoms with Gasteiger partial charge in [0.25, 0.3) is 0 Å². The van der Waals surface area contributed by atoms with Crippen LogP contribution in [0.2, 0.25) is 0 Å². The lowest BCUT2D eigenvalue weighted by Gasteiger charge is -2.19. The molecule has 2 aromatic heterocycles. The minimum Gasteiger partial charge on any atom is -0.395 e. The summed E-state index contributed by atoms with van der Waals surface area (Å²) >= 11 is 0. The van der Waals surface area contributed by atoms with Crippen molar-refractivity contribution in [1.29, 1.82) is 0 Å². The van der Waals surface area contributed by atoms with Crippen molar-refractivity contribution in [2.24, 2.45) is 7.05 Å².